The van der Waals surface area contributed by atoms with Gasteiger partial charge in [0.15, 0.2) is 6.29 Å². The van der Waals surface area contributed by atoms with Crippen molar-refractivity contribution < 1.29 is 4.79 Å². The Balaban J connectivity index is 2.14. The summed E-state index contributed by atoms with van der Waals surface area (Å²) in [6, 6.07) is 9.73. The van der Waals surface area contributed by atoms with Gasteiger partial charge in [-0.3, -0.25) is 4.79 Å². The number of hydrogen-bond acceptors (Lipinski definition) is 3. The molecule has 0 radical (unpaired) electrons. The van der Waals surface area contributed by atoms with Crippen molar-refractivity contribution in [1.82, 2.24) is 9.78 Å². The highest BCUT2D eigenvalue weighted by molar-refractivity contribution is 9.10. The smallest absolute Gasteiger partial charge is 0.153 e. The Morgan fingerprint density at radius 1 is 1.25 bits per heavy atom. The normalized spacial score (nSPS) is 10.7. The molecule has 0 amide bonds. The third kappa shape index (κ3) is 2.51. The topological polar surface area (TPSA) is 34.9 Å². The van der Waals surface area contributed by atoms with Crippen LogP contribution < -0.4 is 0 Å². The van der Waals surface area contributed by atoms with Crippen LogP contribution in [-0.4, -0.2) is 16.1 Å². The molecule has 2 aromatic heterocycles. The molecule has 0 spiro atoms. The first-order valence-corrected chi connectivity index (χ1v) is 8.20. The van der Waals surface area contributed by atoms with E-state index in [4.69, 9.17) is 0 Å². The highest BCUT2D eigenvalue weighted by atomic mass is 79.9. The van der Waals surface area contributed by atoms with Crippen molar-refractivity contribution >= 4 is 49.5 Å². The first-order chi connectivity index (χ1) is 9.69. The second kappa shape index (κ2) is 5.63. The number of aromatic nitrogens is 2. The lowest BCUT2D eigenvalue weighted by Gasteiger charge is -2.01. The molecule has 3 rings (SSSR count). The van der Waals surface area contributed by atoms with Crippen LogP contribution >= 0.6 is 43.2 Å². The van der Waals surface area contributed by atoms with E-state index < -0.39 is 0 Å². The van der Waals surface area contributed by atoms with Crippen LogP contribution in [0.25, 0.3) is 16.3 Å². The Morgan fingerprint density at radius 3 is 2.75 bits per heavy atom. The molecule has 0 unspecified atom stereocenters. The molecule has 3 aromatic rings. The van der Waals surface area contributed by atoms with Crippen LogP contribution in [0.4, 0.5) is 0 Å². The predicted octanol–water partition coefficient (Wildman–Crippen LogP) is 4.94. The fraction of sp³-hybridized carbons (Fsp3) is 0. The third-order valence-electron chi connectivity index (χ3n) is 2.77. The monoisotopic (exact) mass is 410 g/mol. The Kier molecular flexibility index (Phi) is 3.87. The third-order valence-corrected chi connectivity index (χ3v) is 5.11. The Hall–Kier alpha value is -1.24. The minimum Gasteiger partial charge on any atom is -0.298 e. The van der Waals surface area contributed by atoms with E-state index in [2.05, 4.69) is 37.0 Å². The van der Waals surface area contributed by atoms with Gasteiger partial charge in [0, 0.05) is 15.1 Å². The van der Waals surface area contributed by atoms with Gasteiger partial charge in [0.1, 0.15) is 5.69 Å². The largest absolute Gasteiger partial charge is 0.298 e. The summed E-state index contributed by atoms with van der Waals surface area (Å²) in [5.41, 5.74) is 2.18. The quantitative estimate of drug-likeness (QED) is 0.572. The van der Waals surface area contributed by atoms with Crippen molar-refractivity contribution in [2.75, 3.05) is 0 Å². The lowest BCUT2D eigenvalue weighted by molar-refractivity contribution is 0.112. The SMILES string of the molecule is O=Cc1cn(-c2cccc(Br)c2)nc1-c1sccc1Br. The zero-order chi connectivity index (χ0) is 14.1. The lowest BCUT2D eigenvalue weighted by Crippen LogP contribution is -1.94. The summed E-state index contributed by atoms with van der Waals surface area (Å²) in [5.74, 6) is 0. The molecule has 0 atom stereocenters. The second-order valence-corrected chi connectivity index (χ2v) is 6.76. The molecule has 3 nitrogen and oxygen atoms in total. The number of halogens is 2. The Bertz CT molecular complexity index is 779. The molecule has 1 aromatic carbocycles. The van der Waals surface area contributed by atoms with Gasteiger partial charge >= 0.3 is 0 Å². The number of nitrogens with zero attached hydrogens (tertiary/aromatic N) is 2. The number of hydrogen-bond donors (Lipinski definition) is 0. The molecule has 20 heavy (non-hydrogen) atoms. The van der Waals surface area contributed by atoms with Gasteiger partial charge < -0.3 is 0 Å². The maximum Gasteiger partial charge on any atom is 0.153 e. The zero-order valence-corrected chi connectivity index (χ0v) is 14.1. The number of thiophene rings is 1. The zero-order valence-electron chi connectivity index (χ0n) is 10.1. The highest BCUT2D eigenvalue weighted by Crippen LogP contribution is 2.34. The molecule has 100 valence electrons. The van der Waals surface area contributed by atoms with Crippen molar-refractivity contribution in [1.29, 1.82) is 0 Å². The summed E-state index contributed by atoms with van der Waals surface area (Å²) in [7, 11) is 0. The summed E-state index contributed by atoms with van der Waals surface area (Å²) in [6.45, 7) is 0. The van der Waals surface area contributed by atoms with E-state index in [-0.39, 0.29) is 0 Å². The van der Waals surface area contributed by atoms with Gasteiger partial charge in [-0.1, -0.05) is 22.0 Å². The number of aldehydes is 1. The Morgan fingerprint density at radius 2 is 2.10 bits per heavy atom. The molecule has 0 aliphatic carbocycles. The molecular formula is C14H8Br2N2OS. The van der Waals surface area contributed by atoms with Gasteiger partial charge in [0.05, 0.1) is 16.1 Å². The van der Waals surface area contributed by atoms with Crippen LogP contribution in [0.3, 0.4) is 0 Å². The van der Waals surface area contributed by atoms with Crippen LogP contribution in [0, 0.1) is 0 Å². The van der Waals surface area contributed by atoms with Crippen LogP contribution in [-0.2, 0) is 0 Å². The van der Waals surface area contributed by atoms with Gasteiger partial charge in [0.25, 0.3) is 0 Å². The number of carbonyl (C=O) groups excluding carboxylic acids is 1. The van der Waals surface area contributed by atoms with E-state index in [1.54, 1.807) is 22.2 Å². The minimum absolute atomic E-state index is 0.577. The van der Waals surface area contributed by atoms with Gasteiger partial charge in [-0.05, 0) is 45.6 Å². The maximum atomic E-state index is 11.3. The molecule has 0 aliphatic heterocycles. The summed E-state index contributed by atoms with van der Waals surface area (Å²) >= 11 is 8.47. The standard InChI is InChI=1S/C14H8Br2N2OS/c15-10-2-1-3-11(6-10)18-7-9(8-19)13(17-18)14-12(16)4-5-20-14/h1-8H. The van der Waals surface area contributed by atoms with E-state index in [1.807, 2.05) is 35.7 Å². The predicted molar refractivity (Wildman–Crippen MR) is 87.7 cm³/mol. The van der Waals surface area contributed by atoms with Crippen molar-refractivity contribution in [3.05, 3.63) is 56.4 Å². The van der Waals surface area contributed by atoms with Crippen LogP contribution in [0.2, 0.25) is 0 Å². The van der Waals surface area contributed by atoms with Gasteiger partial charge in [-0.2, -0.15) is 5.10 Å². The van der Waals surface area contributed by atoms with Crippen LogP contribution in [0.15, 0.2) is 50.9 Å². The van der Waals surface area contributed by atoms with Crippen LogP contribution in [0.5, 0.6) is 0 Å². The van der Waals surface area contributed by atoms with E-state index >= 15 is 0 Å². The second-order valence-electron chi connectivity index (χ2n) is 4.07. The maximum absolute atomic E-state index is 11.3. The van der Waals surface area contributed by atoms with Crippen molar-refractivity contribution in [3.8, 4) is 16.3 Å². The summed E-state index contributed by atoms with van der Waals surface area (Å²) < 4.78 is 3.64. The van der Waals surface area contributed by atoms with Crippen LogP contribution in [0.1, 0.15) is 10.4 Å². The van der Waals surface area contributed by atoms with E-state index in [9.17, 15) is 4.79 Å². The number of carbonyl (C=O) groups is 1. The fourth-order valence-electron chi connectivity index (χ4n) is 1.86. The highest BCUT2D eigenvalue weighted by Gasteiger charge is 2.15. The lowest BCUT2D eigenvalue weighted by atomic mass is 10.2. The molecule has 0 saturated heterocycles. The van der Waals surface area contributed by atoms with E-state index in [0.29, 0.717) is 11.3 Å². The van der Waals surface area contributed by atoms with Gasteiger partial charge in [-0.25, -0.2) is 4.68 Å². The van der Waals surface area contributed by atoms with E-state index in [0.717, 1.165) is 25.8 Å². The Labute approximate surface area is 136 Å². The summed E-state index contributed by atoms with van der Waals surface area (Å²) in [4.78, 5) is 12.2. The number of rotatable bonds is 3. The molecule has 2 heterocycles. The first-order valence-electron chi connectivity index (χ1n) is 5.73. The number of benzene rings is 1. The average molecular weight is 412 g/mol. The fourth-order valence-corrected chi connectivity index (χ4v) is 3.82. The molecular weight excluding hydrogens is 404 g/mol. The van der Waals surface area contributed by atoms with Gasteiger partial charge in [-0.15, -0.1) is 11.3 Å². The molecule has 6 heteroatoms. The van der Waals surface area contributed by atoms with E-state index in [1.165, 1.54) is 0 Å². The minimum atomic E-state index is 0.577. The molecule has 0 saturated carbocycles. The summed E-state index contributed by atoms with van der Waals surface area (Å²) in [6.07, 6.45) is 2.58. The summed E-state index contributed by atoms with van der Waals surface area (Å²) in [5, 5.41) is 6.51. The molecule has 0 bridgehead atoms. The van der Waals surface area contributed by atoms with Crippen molar-refractivity contribution in [2.45, 2.75) is 0 Å². The first kappa shape index (κ1) is 13.7. The van der Waals surface area contributed by atoms with Gasteiger partial charge in [0.2, 0.25) is 0 Å². The van der Waals surface area contributed by atoms with Crippen molar-refractivity contribution in [2.24, 2.45) is 0 Å². The molecule has 0 aliphatic rings. The molecule has 0 N–H and O–H groups in total. The molecule has 0 fully saturated rings. The average Bonchev–Trinajstić information content (AvgIpc) is 3.04. The van der Waals surface area contributed by atoms with Crippen molar-refractivity contribution in [3.63, 3.8) is 0 Å².